The van der Waals surface area contributed by atoms with Crippen LogP contribution in [0.1, 0.15) is 37.6 Å². The third kappa shape index (κ3) is 7.12. The Bertz CT molecular complexity index is 810. The molecule has 160 valence electrons. The van der Waals surface area contributed by atoms with Crippen LogP contribution < -0.4 is 5.32 Å². The van der Waals surface area contributed by atoms with Crippen molar-refractivity contribution in [3.8, 4) is 0 Å². The summed E-state index contributed by atoms with van der Waals surface area (Å²) in [5.74, 6) is 0. The van der Waals surface area contributed by atoms with Gasteiger partial charge in [-0.1, -0.05) is 12.1 Å². The lowest BCUT2D eigenvalue weighted by atomic mass is 10.1. The SMILES string of the molecule is COCCN(Cc1cccn1Cc1cccc(C(F)(F)F)c1)C(=O)NC(C)(C)C. The Kier molecular flexibility index (Phi) is 7.35. The Morgan fingerprint density at radius 1 is 1.17 bits per heavy atom. The summed E-state index contributed by atoms with van der Waals surface area (Å²) < 4.78 is 45.9. The Labute approximate surface area is 169 Å². The van der Waals surface area contributed by atoms with Crippen LogP contribution in [0.15, 0.2) is 42.6 Å². The second-order valence-electron chi connectivity index (χ2n) is 7.92. The summed E-state index contributed by atoms with van der Waals surface area (Å²) in [6.45, 7) is 7.07. The topological polar surface area (TPSA) is 46.5 Å². The average molecular weight is 411 g/mol. The second-order valence-corrected chi connectivity index (χ2v) is 7.92. The van der Waals surface area contributed by atoms with Crippen molar-refractivity contribution in [2.45, 2.75) is 45.6 Å². The summed E-state index contributed by atoms with van der Waals surface area (Å²) in [5, 5.41) is 2.93. The molecule has 0 radical (unpaired) electrons. The molecule has 29 heavy (non-hydrogen) atoms. The van der Waals surface area contributed by atoms with Crippen LogP contribution in [0.5, 0.6) is 0 Å². The lowest BCUT2D eigenvalue weighted by molar-refractivity contribution is -0.137. The molecule has 0 aliphatic carbocycles. The van der Waals surface area contributed by atoms with E-state index in [-0.39, 0.29) is 18.1 Å². The molecule has 8 heteroatoms. The number of aromatic nitrogens is 1. The highest BCUT2D eigenvalue weighted by molar-refractivity contribution is 5.74. The monoisotopic (exact) mass is 411 g/mol. The molecule has 2 rings (SSSR count). The van der Waals surface area contributed by atoms with Gasteiger partial charge in [-0.3, -0.25) is 0 Å². The number of amides is 2. The zero-order valence-corrected chi connectivity index (χ0v) is 17.2. The van der Waals surface area contributed by atoms with Gasteiger partial charge in [-0.2, -0.15) is 13.2 Å². The van der Waals surface area contributed by atoms with E-state index in [1.807, 2.05) is 37.5 Å². The molecule has 0 atom stereocenters. The Balaban J connectivity index is 2.18. The quantitative estimate of drug-likeness (QED) is 0.729. The van der Waals surface area contributed by atoms with Crippen LogP contribution in [0, 0.1) is 0 Å². The number of rotatable bonds is 7. The van der Waals surface area contributed by atoms with E-state index >= 15 is 0 Å². The van der Waals surface area contributed by atoms with Crippen LogP contribution in [-0.4, -0.2) is 41.3 Å². The first-order valence-corrected chi connectivity index (χ1v) is 9.36. The van der Waals surface area contributed by atoms with Gasteiger partial charge in [0, 0.05) is 37.6 Å². The molecule has 0 saturated carbocycles. The van der Waals surface area contributed by atoms with Crippen molar-refractivity contribution in [1.82, 2.24) is 14.8 Å². The van der Waals surface area contributed by atoms with Crippen molar-refractivity contribution in [1.29, 1.82) is 0 Å². The molecule has 2 aromatic rings. The van der Waals surface area contributed by atoms with Gasteiger partial charge in [-0.05, 0) is 50.6 Å². The minimum absolute atomic E-state index is 0.221. The fraction of sp³-hybridized carbons (Fsp3) is 0.476. The van der Waals surface area contributed by atoms with Crippen LogP contribution >= 0.6 is 0 Å². The van der Waals surface area contributed by atoms with Crippen molar-refractivity contribution < 1.29 is 22.7 Å². The highest BCUT2D eigenvalue weighted by Gasteiger charge is 2.30. The number of hydrogen-bond acceptors (Lipinski definition) is 2. The van der Waals surface area contributed by atoms with Gasteiger partial charge in [-0.25, -0.2) is 4.79 Å². The van der Waals surface area contributed by atoms with Gasteiger partial charge in [0.2, 0.25) is 0 Å². The summed E-state index contributed by atoms with van der Waals surface area (Å²) in [5.41, 5.74) is 0.306. The maximum Gasteiger partial charge on any atom is 0.416 e. The average Bonchev–Trinajstić information content (AvgIpc) is 3.03. The predicted octanol–water partition coefficient (Wildman–Crippen LogP) is 4.51. The van der Waals surface area contributed by atoms with Crippen LogP contribution in [0.4, 0.5) is 18.0 Å². The van der Waals surface area contributed by atoms with Crippen molar-refractivity contribution >= 4 is 6.03 Å². The molecule has 0 aliphatic heterocycles. The van der Waals surface area contributed by atoms with Crippen molar-refractivity contribution in [2.24, 2.45) is 0 Å². The smallest absolute Gasteiger partial charge is 0.383 e. The molecular weight excluding hydrogens is 383 g/mol. The van der Waals surface area contributed by atoms with Crippen molar-refractivity contribution in [2.75, 3.05) is 20.3 Å². The third-order valence-corrected chi connectivity index (χ3v) is 4.22. The van der Waals surface area contributed by atoms with Gasteiger partial charge < -0.3 is 19.5 Å². The van der Waals surface area contributed by atoms with Gasteiger partial charge >= 0.3 is 12.2 Å². The Hall–Kier alpha value is -2.48. The van der Waals surface area contributed by atoms with Crippen molar-refractivity contribution in [3.05, 3.63) is 59.4 Å². The number of alkyl halides is 3. The lowest BCUT2D eigenvalue weighted by Crippen LogP contribution is -2.49. The fourth-order valence-electron chi connectivity index (χ4n) is 2.84. The summed E-state index contributed by atoms with van der Waals surface area (Å²) in [4.78, 5) is 14.3. The zero-order chi connectivity index (χ0) is 21.7. The molecule has 0 bridgehead atoms. The number of hydrogen-bond donors (Lipinski definition) is 1. The van der Waals surface area contributed by atoms with E-state index in [0.29, 0.717) is 25.3 Å². The number of benzene rings is 1. The van der Waals surface area contributed by atoms with E-state index in [0.717, 1.165) is 17.8 Å². The molecule has 1 aromatic heterocycles. The first-order valence-electron chi connectivity index (χ1n) is 9.36. The van der Waals surface area contributed by atoms with E-state index < -0.39 is 11.7 Å². The highest BCUT2D eigenvalue weighted by atomic mass is 19.4. The fourth-order valence-corrected chi connectivity index (χ4v) is 2.84. The normalized spacial score (nSPS) is 12.1. The highest BCUT2D eigenvalue weighted by Crippen LogP contribution is 2.29. The molecule has 0 fully saturated rings. The second kappa shape index (κ2) is 9.35. The number of halogens is 3. The number of urea groups is 1. The summed E-state index contributed by atoms with van der Waals surface area (Å²) in [6, 6.07) is 8.73. The Morgan fingerprint density at radius 3 is 2.52 bits per heavy atom. The van der Waals surface area contributed by atoms with Crippen LogP contribution in [-0.2, 0) is 24.0 Å². The zero-order valence-electron chi connectivity index (χ0n) is 17.2. The van der Waals surface area contributed by atoms with Gasteiger partial charge in [0.25, 0.3) is 0 Å². The maximum atomic E-state index is 13.0. The van der Waals surface area contributed by atoms with Crippen LogP contribution in [0.25, 0.3) is 0 Å². The molecular formula is C21H28F3N3O2. The number of methoxy groups -OCH3 is 1. The number of carbonyl (C=O) groups is 1. The van der Waals surface area contributed by atoms with Gasteiger partial charge in [0.15, 0.2) is 0 Å². The number of nitrogens with one attached hydrogen (secondary N) is 1. The largest absolute Gasteiger partial charge is 0.416 e. The van der Waals surface area contributed by atoms with Gasteiger partial charge in [-0.15, -0.1) is 0 Å². The van der Waals surface area contributed by atoms with E-state index in [1.54, 1.807) is 24.3 Å². The molecule has 1 heterocycles. The minimum Gasteiger partial charge on any atom is -0.383 e. The first kappa shape index (κ1) is 22.8. The molecule has 1 N–H and O–H groups in total. The molecule has 0 unspecified atom stereocenters. The van der Waals surface area contributed by atoms with Crippen molar-refractivity contribution in [3.63, 3.8) is 0 Å². The van der Waals surface area contributed by atoms with E-state index in [2.05, 4.69) is 5.32 Å². The van der Waals surface area contributed by atoms with Crippen LogP contribution in [0.3, 0.4) is 0 Å². The molecule has 2 amide bonds. The predicted molar refractivity (Wildman–Crippen MR) is 106 cm³/mol. The van der Waals surface area contributed by atoms with Crippen LogP contribution in [0.2, 0.25) is 0 Å². The molecule has 5 nitrogen and oxygen atoms in total. The maximum absolute atomic E-state index is 13.0. The van der Waals surface area contributed by atoms with E-state index in [1.165, 1.54) is 6.07 Å². The molecule has 1 aromatic carbocycles. The lowest BCUT2D eigenvalue weighted by Gasteiger charge is -2.28. The number of nitrogens with zero attached hydrogens (tertiary/aromatic N) is 2. The number of ether oxygens (including phenoxy) is 1. The molecule has 0 aliphatic rings. The van der Waals surface area contributed by atoms with E-state index in [9.17, 15) is 18.0 Å². The molecule has 0 spiro atoms. The summed E-state index contributed by atoms with van der Waals surface area (Å²) in [6.07, 6.45) is -2.58. The molecule has 0 saturated heterocycles. The standard InChI is InChI=1S/C21H28F3N3O2/c1-20(2,3)25-19(28)27(11-12-29-4)15-18-9-6-10-26(18)14-16-7-5-8-17(13-16)21(22,23)24/h5-10,13H,11-12,14-15H2,1-4H3,(H,25,28). The van der Waals surface area contributed by atoms with Gasteiger partial charge in [0.05, 0.1) is 18.7 Å². The number of carbonyl (C=O) groups excluding carboxylic acids is 1. The summed E-state index contributed by atoms with van der Waals surface area (Å²) in [7, 11) is 1.57. The van der Waals surface area contributed by atoms with E-state index in [4.69, 9.17) is 4.74 Å². The first-order chi connectivity index (χ1) is 13.5. The summed E-state index contributed by atoms with van der Waals surface area (Å²) >= 11 is 0. The third-order valence-electron chi connectivity index (χ3n) is 4.22. The van der Waals surface area contributed by atoms with Gasteiger partial charge in [0.1, 0.15) is 0 Å². The Morgan fingerprint density at radius 2 is 1.90 bits per heavy atom. The minimum atomic E-state index is -4.38.